The summed E-state index contributed by atoms with van der Waals surface area (Å²) in [6, 6.07) is 10.5. The molecule has 2 N–H and O–H groups in total. The molecule has 1 aromatic carbocycles. The van der Waals surface area contributed by atoms with Crippen molar-refractivity contribution in [2.45, 2.75) is 18.3 Å². The van der Waals surface area contributed by atoms with Crippen LogP contribution in [-0.2, 0) is 0 Å². The van der Waals surface area contributed by atoms with E-state index in [0.717, 1.165) is 16.7 Å². The molecule has 16 heavy (non-hydrogen) atoms. The molecule has 1 aliphatic rings. The third-order valence-electron chi connectivity index (χ3n) is 3.04. The second-order valence-corrected chi connectivity index (χ2v) is 4.90. The van der Waals surface area contributed by atoms with Crippen molar-refractivity contribution < 1.29 is 4.52 Å². The van der Waals surface area contributed by atoms with Crippen LogP contribution in [0.25, 0.3) is 0 Å². The first-order valence-corrected chi connectivity index (χ1v) is 6.02. The van der Waals surface area contributed by atoms with Crippen molar-refractivity contribution in [2.24, 2.45) is 0 Å². The largest absolute Gasteiger partial charge is 0.380 e. The second kappa shape index (κ2) is 3.63. The molecule has 3 nitrogen and oxygen atoms in total. The number of nitrogens with zero attached hydrogens (tertiary/aromatic N) is 1. The fraction of sp³-hybridized carbons (Fsp3) is 0.250. The summed E-state index contributed by atoms with van der Waals surface area (Å²) >= 11 is 3.41. The zero-order chi connectivity index (χ0) is 11.1. The highest BCUT2D eigenvalue weighted by Gasteiger charge is 2.43. The first-order valence-electron chi connectivity index (χ1n) is 5.23. The molecule has 1 aliphatic carbocycles. The van der Waals surface area contributed by atoms with Gasteiger partial charge in [-0.1, -0.05) is 35.5 Å². The molecular weight excluding hydrogens is 268 g/mol. The van der Waals surface area contributed by atoms with Crippen LogP contribution >= 0.6 is 15.9 Å². The van der Waals surface area contributed by atoms with Crippen LogP contribution < -0.4 is 5.73 Å². The molecule has 0 spiro atoms. The van der Waals surface area contributed by atoms with Gasteiger partial charge in [0.1, 0.15) is 4.47 Å². The molecule has 0 aliphatic heterocycles. The highest BCUT2D eigenvalue weighted by atomic mass is 79.9. The minimum absolute atomic E-state index is 0.418. The molecule has 1 heterocycles. The first-order chi connectivity index (χ1) is 7.77. The van der Waals surface area contributed by atoms with Crippen LogP contribution in [0.15, 0.2) is 39.3 Å². The van der Waals surface area contributed by atoms with E-state index in [2.05, 4.69) is 45.4 Å². The van der Waals surface area contributed by atoms with Crippen LogP contribution in [0, 0.1) is 0 Å². The predicted octanol–water partition coefficient (Wildman–Crippen LogP) is 3.29. The Bertz CT molecular complexity index is 509. The monoisotopic (exact) mass is 278 g/mol. The molecule has 2 aromatic rings. The van der Waals surface area contributed by atoms with Gasteiger partial charge in [-0.2, -0.15) is 0 Å². The number of nitrogens with two attached hydrogens (primary N) is 1. The van der Waals surface area contributed by atoms with Gasteiger partial charge in [-0.3, -0.25) is 0 Å². The van der Waals surface area contributed by atoms with Crippen LogP contribution in [-0.4, -0.2) is 5.16 Å². The Labute approximate surface area is 102 Å². The quantitative estimate of drug-likeness (QED) is 0.917. The maximum atomic E-state index is 5.64. The molecule has 0 radical (unpaired) electrons. The van der Waals surface area contributed by atoms with Crippen molar-refractivity contribution in [2.75, 3.05) is 5.73 Å². The number of benzene rings is 1. The minimum Gasteiger partial charge on any atom is -0.380 e. The molecule has 3 rings (SSSR count). The maximum Gasteiger partial charge on any atom is 0.181 e. The summed E-state index contributed by atoms with van der Waals surface area (Å²) in [6.07, 6.45) is 1.11. The van der Waals surface area contributed by atoms with E-state index in [4.69, 9.17) is 10.3 Å². The van der Waals surface area contributed by atoms with E-state index in [1.54, 1.807) is 0 Å². The summed E-state index contributed by atoms with van der Waals surface area (Å²) in [5.74, 6) is 2.28. The second-order valence-electron chi connectivity index (χ2n) is 4.11. The van der Waals surface area contributed by atoms with Gasteiger partial charge in [0.15, 0.2) is 11.6 Å². The van der Waals surface area contributed by atoms with Crippen LogP contribution in [0.1, 0.15) is 29.6 Å². The molecule has 0 saturated heterocycles. The Morgan fingerprint density at radius 2 is 2.00 bits per heavy atom. The van der Waals surface area contributed by atoms with Crippen molar-refractivity contribution in [1.29, 1.82) is 0 Å². The van der Waals surface area contributed by atoms with Gasteiger partial charge in [0, 0.05) is 5.92 Å². The minimum atomic E-state index is 0.418. The lowest BCUT2D eigenvalue weighted by atomic mass is 10.1. The highest BCUT2D eigenvalue weighted by molar-refractivity contribution is 9.10. The smallest absolute Gasteiger partial charge is 0.181 e. The molecule has 0 bridgehead atoms. The topological polar surface area (TPSA) is 52.0 Å². The number of nitrogen functional groups attached to an aromatic ring is 1. The molecule has 2 atom stereocenters. The Hall–Kier alpha value is -1.29. The van der Waals surface area contributed by atoms with E-state index in [-0.39, 0.29) is 0 Å². The number of hydrogen-bond acceptors (Lipinski definition) is 3. The summed E-state index contributed by atoms with van der Waals surface area (Å²) in [4.78, 5) is 0. The molecule has 0 amide bonds. The van der Waals surface area contributed by atoms with Gasteiger partial charge in [0.25, 0.3) is 0 Å². The van der Waals surface area contributed by atoms with Crippen LogP contribution in [0.4, 0.5) is 5.82 Å². The molecule has 1 fully saturated rings. The number of halogens is 1. The lowest BCUT2D eigenvalue weighted by molar-refractivity contribution is 0.384. The van der Waals surface area contributed by atoms with Gasteiger partial charge in [-0.15, -0.1) is 0 Å². The Balaban J connectivity index is 1.85. The van der Waals surface area contributed by atoms with Crippen molar-refractivity contribution in [3.63, 3.8) is 0 Å². The van der Waals surface area contributed by atoms with Crippen molar-refractivity contribution in [1.82, 2.24) is 5.16 Å². The average Bonchev–Trinajstić information content (AvgIpc) is 3.04. The zero-order valence-electron chi connectivity index (χ0n) is 8.56. The Morgan fingerprint density at radius 3 is 2.62 bits per heavy atom. The van der Waals surface area contributed by atoms with E-state index < -0.39 is 0 Å². The van der Waals surface area contributed by atoms with Gasteiger partial charge in [-0.05, 0) is 33.8 Å². The lowest BCUT2D eigenvalue weighted by Gasteiger charge is -1.97. The fourth-order valence-corrected chi connectivity index (χ4v) is 2.53. The van der Waals surface area contributed by atoms with Gasteiger partial charge < -0.3 is 10.3 Å². The zero-order valence-corrected chi connectivity index (χ0v) is 10.1. The molecule has 4 heteroatoms. The SMILES string of the molecule is Nc1noc(C2CC2c2ccccc2)c1Br. The van der Waals surface area contributed by atoms with Crippen LogP contribution in [0.2, 0.25) is 0 Å². The van der Waals surface area contributed by atoms with E-state index in [1.165, 1.54) is 5.56 Å². The van der Waals surface area contributed by atoms with E-state index in [0.29, 0.717) is 17.7 Å². The number of anilines is 1. The Morgan fingerprint density at radius 1 is 1.25 bits per heavy atom. The van der Waals surface area contributed by atoms with E-state index in [1.807, 2.05) is 6.07 Å². The first kappa shape index (κ1) is 9.90. The number of aromatic nitrogens is 1. The molecule has 1 aromatic heterocycles. The summed E-state index contributed by atoms with van der Waals surface area (Å²) in [5.41, 5.74) is 6.99. The Kier molecular flexibility index (Phi) is 2.24. The summed E-state index contributed by atoms with van der Waals surface area (Å²) in [5, 5.41) is 3.76. The van der Waals surface area contributed by atoms with E-state index in [9.17, 15) is 0 Å². The van der Waals surface area contributed by atoms with Gasteiger partial charge in [0.05, 0.1) is 0 Å². The normalized spacial score (nSPS) is 23.3. The van der Waals surface area contributed by atoms with Crippen LogP contribution in [0.3, 0.4) is 0 Å². The molecule has 82 valence electrons. The van der Waals surface area contributed by atoms with Gasteiger partial charge in [0.2, 0.25) is 0 Å². The van der Waals surface area contributed by atoms with Gasteiger partial charge >= 0.3 is 0 Å². The summed E-state index contributed by atoms with van der Waals surface area (Å²) in [6.45, 7) is 0. The highest BCUT2D eigenvalue weighted by Crippen LogP contribution is 2.56. The molecule has 2 unspecified atom stereocenters. The number of rotatable bonds is 2. The maximum absolute atomic E-state index is 5.64. The number of hydrogen-bond donors (Lipinski definition) is 1. The average molecular weight is 279 g/mol. The van der Waals surface area contributed by atoms with Gasteiger partial charge in [-0.25, -0.2) is 0 Å². The van der Waals surface area contributed by atoms with Crippen molar-refractivity contribution in [3.8, 4) is 0 Å². The lowest BCUT2D eigenvalue weighted by Crippen LogP contribution is -1.85. The van der Waals surface area contributed by atoms with Crippen molar-refractivity contribution in [3.05, 3.63) is 46.1 Å². The van der Waals surface area contributed by atoms with Crippen LogP contribution in [0.5, 0.6) is 0 Å². The summed E-state index contributed by atoms with van der Waals surface area (Å²) < 4.78 is 6.06. The standard InChI is InChI=1S/C12H11BrN2O/c13-10-11(16-15-12(10)14)9-6-8(9)7-4-2-1-3-5-7/h1-5,8-9H,6H2,(H2,14,15). The summed E-state index contributed by atoms with van der Waals surface area (Å²) in [7, 11) is 0. The third-order valence-corrected chi connectivity index (χ3v) is 3.84. The van der Waals surface area contributed by atoms with Crippen molar-refractivity contribution >= 4 is 21.7 Å². The molecule has 1 saturated carbocycles. The van der Waals surface area contributed by atoms with E-state index >= 15 is 0 Å². The predicted molar refractivity (Wildman–Crippen MR) is 65.2 cm³/mol. The fourth-order valence-electron chi connectivity index (χ4n) is 2.09. The third kappa shape index (κ3) is 1.53. The molecular formula is C12H11BrN2O.